The summed E-state index contributed by atoms with van der Waals surface area (Å²) in [6.07, 6.45) is 1.87. The van der Waals surface area contributed by atoms with Crippen molar-refractivity contribution in [2.24, 2.45) is 5.92 Å². The van der Waals surface area contributed by atoms with Crippen LogP contribution >= 0.6 is 23.2 Å². The number of hydrogen-bond donors (Lipinski definition) is 0. The van der Waals surface area contributed by atoms with Crippen molar-refractivity contribution in [1.29, 1.82) is 0 Å². The Morgan fingerprint density at radius 3 is 2.49 bits per heavy atom. The smallest absolute Gasteiger partial charge is 0.410 e. The molecule has 3 heterocycles. The molecule has 2 saturated heterocycles. The highest BCUT2D eigenvalue weighted by Gasteiger charge is 2.45. The van der Waals surface area contributed by atoms with Gasteiger partial charge in [0, 0.05) is 40.5 Å². The first kappa shape index (κ1) is 23.9. The molecule has 35 heavy (non-hydrogen) atoms. The van der Waals surface area contributed by atoms with Crippen molar-refractivity contribution in [1.82, 2.24) is 9.88 Å². The summed E-state index contributed by atoms with van der Waals surface area (Å²) < 4.78 is 17.3. The molecule has 1 saturated carbocycles. The standard InChI is InChI=1S/C26H26Cl2N2O5/c1-26(2,3)35-25(32)30-13-15-4-6-19(30)12-21(15)34-24(31)14-5-7-20-22(10-14)33-23(29-20)16-8-17(27)11-18(28)9-16/h5,7-11,15,19,21H,4,6,12-13H2,1-3H3. The first-order valence-electron chi connectivity index (χ1n) is 11.6. The molecule has 184 valence electrons. The molecule has 3 atom stereocenters. The van der Waals surface area contributed by atoms with Crippen molar-refractivity contribution in [3.05, 3.63) is 52.0 Å². The lowest BCUT2D eigenvalue weighted by molar-refractivity contribution is -0.0684. The summed E-state index contributed by atoms with van der Waals surface area (Å²) in [4.78, 5) is 31.8. The van der Waals surface area contributed by atoms with Crippen LogP contribution in [0.25, 0.3) is 22.6 Å². The fourth-order valence-electron chi connectivity index (χ4n) is 4.81. The molecule has 0 radical (unpaired) electrons. The van der Waals surface area contributed by atoms with Crippen LogP contribution in [0.4, 0.5) is 4.79 Å². The van der Waals surface area contributed by atoms with E-state index in [1.165, 1.54) is 0 Å². The van der Waals surface area contributed by atoms with Crippen LogP contribution in [-0.4, -0.2) is 46.2 Å². The Kier molecular flexibility index (Phi) is 6.18. The van der Waals surface area contributed by atoms with Crippen LogP contribution in [0.3, 0.4) is 0 Å². The Labute approximate surface area is 213 Å². The Morgan fingerprint density at radius 1 is 1.09 bits per heavy atom. The number of amides is 1. The molecule has 1 amide bonds. The molecule has 3 aliphatic rings. The largest absolute Gasteiger partial charge is 0.458 e. The number of benzene rings is 2. The van der Waals surface area contributed by atoms with E-state index in [0.29, 0.717) is 51.1 Å². The van der Waals surface area contributed by atoms with Gasteiger partial charge in [0.05, 0.1) is 5.56 Å². The van der Waals surface area contributed by atoms with Crippen LogP contribution in [0, 0.1) is 5.92 Å². The zero-order valence-corrected chi connectivity index (χ0v) is 21.2. The summed E-state index contributed by atoms with van der Waals surface area (Å²) in [5.41, 5.74) is 1.56. The minimum absolute atomic E-state index is 0.0106. The van der Waals surface area contributed by atoms with Gasteiger partial charge in [-0.05, 0) is 70.0 Å². The summed E-state index contributed by atoms with van der Waals surface area (Å²) in [6, 6.07) is 10.1. The number of halogens is 2. The average molecular weight is 517 g/mol. The van der Waals surface area contributed by atoms with E-state index in [4.69, 9.17) is 37.1 Å². The van der Waals surface area contributed by atoms with E-state index >= 15 is 0 Å². The summed E-state index contributed by atoms with van der Waals surface area (Å²) in [5.74, 6) is 0.0309. The molecular formula is C26H26Cl2N2O5. The van der Waals surface area contributed by atoms with Crippen molar-refractivity contribution in [3.63, 3.8) is 0 Å². The minimum atomic E-state index is -0.544. The van der Waals surface area contributed by atoms with Crippen molar-refractivity contribution >= 4 is 46.4 Å². The second-order valence-corrected chi connectivity index (χ2v) is 11.0. The zero-order chi connectivity index (χ0) is 24.9. The number of fused-ring (bicyclic) bond motifs is 4. The third-order valence-corrected chi connectivity index (χ3v) is 6.83. The number of hydrogen-bond acceptors (Lipinski definition) is 6. The maximum atomic E-state index is 13.0. The van der Waals surface area contributed by atoms with E-state index in [0.717, 1.165) is 12.8 Å². The predicted octanol–water partition coefficient (Wildman–Crippen LogP) is 6.75. The third kappa shape index (κ3) is 5.11. The van der Waals surface area contributed by atoms with Crippen LogP contribution in [0.15, 0.2) is 40.8 Å². The molecule has 2 aliphatic heterocycles. The normalized spacial score (nSPS) is 21.9. The molecule has 2 bridgehead atoms. The van der Waals surface area contributed by atoms with Gasteiger partial charge in [-0.2, -0.15) is 0 Å². The van der Waals surface area contributed by atoms with Gasteiger partial charge in [-0.15, -0.1) is 0 Å². The molecule has 6 rings (SSSR count). The molecule has 1 aromatic heterocycles. The highest BCUT2D eigenvalue weighted by atomic mass is 35.5. The maximum absolute atomic E-state index is 13.0. The molecule has 2 aromatic carbocycles. The van der Waals surface area contributed by atoms with Crippen LogP contribution in [0.1, 0.15) is 50.4 Å². The lowest BCUT2D eigenvalue weighted by atomic mass is 9.78. The van der Waals surface area contributed by atoms with E-state index in [-0.39, 0.29) is 24.2 Å². The lowest BCUT2D eigenvalue weighted by Crippen LogP contribution is -2.57. The Balaban J connectivity index is 1.28. The molecular weight excluding hydrogens is 491 g/mol. The van der Waals surface area contributed by atoms with Gasteiger partial charge in [0.1, 0.15) is 17.2 Å². The fourth-order valence-corrected chi connectivity index (χ4v) is 5.34. The number of esters is 1. The van der Waals surface area contributed by atoms with Crippen LogP contribution in [-0.2, 0) is 9.47 Å². The average Bonchev–Trinajstić information content (AvgIpc) is 3.21. The van der Waals surface area contributed by atoms with E-state index in [1.807, 2.05) is 20.8 Å². The number of rotatable bonds is 3. The van der Waals surface area contributed by atoms with Gasteiger partial charge in [0.2, 0.25) is 5.89 Å². The van der Waals surface area contributed by atoms with Crippen LogP contribution in [0.5, 0.6) is 0 Å². The molecule has 1 aliphatic carbocycles. The SMILES string of the molecule is CC(C)(C)OC(=O)N1CC2CCC1CC2OC(=O)c1ccc2nc(-c3cc(Cl)cc(Cl)c3)oc2c1. The quantitative estimate of drug-likeness (QED) is 0.358. The van der Waals surface area contributed by atoms with Crippen molar-refractivity contribution in [3.8, 4) is 11.5 Å². The Morgan fingerprint density at radius 2 is 1.83 bits per heavy atom. The Bertz CT molecular complexity index is 1280. The van der Waals surface area contributed by atoms with Crippen molar-refractivity contribution in [2.45, 2.75) is 57.8 Å². The van der Waals surface area contributed by atoms with E-state index in [1.54, 1.807) is 41.3 Å². The number of piperidine rings is 2. The number of carbonyl (C=O) groups excluding carboxylic acids is 2. The third-order valence-electron chi connectivity index (χ3n) is 6.39. The van der Waals surface area contributed by atoms with E-state index < -0.39 is 11.6 Å². The summed E-state index contributed by atoms with van der Waals surface area (Å²) >= 11 is 12.2. The van der Waals surface area contributed by atoms with Gasteiger partial charge in [0.25, 0.3) is 0 Å². The Hall–Kier alpha value is -2.77. The second-order valence-electron chi connectivity index (χ2n) is 10.2. The number of nitrogens with zero attached hydrogens (tertiary/aromatic N) is 2. The zero-order valence-electron chi connectivity index (χ0n) is 19.7. The minimum Gasteiger partial charge on any atom is -0.458 e. The van der Waals surface area contributed by atoms with Gasteiger partial charge in [0.15, 0.2) is 5.58 Å². The highest BCUT2D eigenvalue weighted by Crippen LogP contribution is 2.38. The topological polar surface area (TPSA) is 81.9 Å². The van der Waals surface area contributed by atoms with Crippen molar-refractivity contribution in [2.75, 3.05) is 6.54 Å². The molecule has 0 N–H and O–H groups in total. The van der Waals surface area contributed by atoms with Gasteiger partial charge in [-0.3, -0.25) is 0 Å². The summed E-state index contributed by atoms with van der Waals surface area (Å²) in [6.45, 7) is 6.10. The molecule has 3 fully saturated rings. The fraction of sp³-hybridized carbons (Fsp3) is 0.423. The van der Waals surface area contributed by atoms with Crippen LogP contribution in [0.2, 0.25) is 10.0 Å². The molecule has 3 aromatic rings. The highest BCUT2D eigenvalue weighted by molar-refractivity contribution is 6.35. The summed E-state index contributed by atoms with van der Waals surface area (Å²) in [5, 5.41) is 0.956. The molecule has 9 heteroatoms. The first-order chi connectivity index (χ1) is 16.6. The number of aromatic nitrogens is 1. The van der Waals surface area contributed by atoms with Gasteiger partial charge in [-0.1, -0.05) is 23.2 Å². The predicted molar refractivity (Wildman–Crippen MR) is 133 cm³/mol. The first-order valence-corrected chi connectivity index (χ1v) is 12.4. The number of carbonyl (C=O) groups is 2. The van der Waals surface area contributed by atoms with Gasteiger partial charge >= 0.3 is 12.1 Å². The van der Waals surface area contributed by atoms with Crippen molar-refractivity contribution < 1.29 is 23.5 Å². The summed E-state index contributed by atoms with van der Waals surface area (Å²) in [7, 11) is 0. The molecule has 7 nitrogen and oxygen atoms in total. The maximum Gasteiger partial charge on any atom is 0.410 e. The number of oxazole rings is 1. The number of ether oxygens (including phenoxy) is 2. The van der Waals surface area contributed by atoms with E-state index in [9.17, 15) is 9.59 Å². The van der Waals surface area contributed by atoms with Gasteiger partial charge in [-0.25, -0.2) is 14.6 Å². The van der Waals surface area contributed by atoms with E-state index in [2.05, 4.69) is 4.98 Å². The second kappa shape index (κ2) is 9.03. The lowest BCUT2D eigenvalue weighted by Gasteiger charge is -2.48. The molecule has 0 spiro atoms. The van der Waals surface area contributed by atoms with Crippen LogP contribution < -0.4 is 0 Å². The van der Waals surface area contributed by atoms with Gasteiger partial charge < -0.3 is 18.8 Å². The molecule has 3 unspecified atom stereocenters. The monoisotopic (exact) mass is 516 g/mol.